The van der Waals surface area contributed by atoms with Crippen LogP contribution in [-0.2, 0) is 21.2 Å². The summed E-state index contributed by atoms with van der Waals surface area (Å²) in [4.78, 5) is 18.3. The van der Waals surface area contributed by atoms with E-state index in [1.165, 1.54) is 29.1 Å². The molecule has 0 fully saturated rings. The largest absolute Gasteiger partial charge is 0.493 e. The van der Waals surface area contributed by atoms with Crippen molar-refractivity contribution < 1.29 is 23.2 Å². The van der Waals surface area contributed by atoms with Crippen LogP contribution in [0.2, 0.25) is 0 Å². The Morgan fingerprint density at radius 3 is 2.82 bits per heavy atom. The van der Waals surface area contributed by atoms with Gasteiger partial charge in [0.25, 0.3) is 0 Å². The number of aromatic nitrogens is 2. The van der Waals surface area contributed by atoms with Crippen LogP contribution >= 0.6 is 0 Å². The highest BCUT2D eigenvalue weighted by Gasteiger charge is 2.32. The summed E-state index contributed by atoms with van der Waals surface area (Å²) in [5.74, 6) is -0.736. The standard InChI is InChI=1S/C19H21N3O5S/c1-4-9-27-21-15-8-10-28(25,26)16-7-6-13(12(3)17(15)16)18(23)14-11-20-22(5-2)19(14)24/h4,6-7,11,24H,1,5,8-10H2,2-3H3. The van der Waals surface area contributed by atoms with Gasteiger partial charge in [-0.2, -0.15) is 5.10 Å². The zero-order chi connectivity index (χ0) is 20.5. The van der Waals surface area contributed by atoms with Crippen molar-refractivity contribution in [1.82, 2.24) is 9.78 Å². The molecular weight excluding hydrogens is 382 g/mol. The van der Waals surface area contributed by atoms with E-state index in [0.29, 0.717) is 23.4 Å². The Balaban J connectivity index is 2.14. The monoisotopic (exact) mass is 403 g/mol. The van der Waals surface area contributed by atoms with E-state index < -0.39 is 15.6 Å². The lowest BCUT2D eigenvalue weighted by atomic mass is 9.93. The number of aromatic hydroxyl groups is 1. The number of hydrogen-bond donors (Lipinski definition) is 1. The molecule has 148 valence electrons. The minimum atomic E-state index is -3.48. The van der Waals surface area contributed by atoms with E-state index in [1.807, 2.05) is 0 Å². The smallest absolute Gasteiger partial charge is 0.220 e. The summed E-state index contributed by atoms with van der Waals surface area (Å²) < 4.78 is 26.3. The Morgan fingerprint density at radius 2 is 2.18 bits per heavy atom. The Labute approximate surface area is 163 Å². The molecule has 9 heteroatoms. The first-order valence-corrected chi connectivity index (χ1v) is 10.4. The Hall–Kier alpha value is -2.94. The van der Waals surface area contributed by atoms with Crippen LogP contribution in [0.3, 0.4) is 0 Å². The number of nitrogens with zero attached hydrogens (tertiary/aromatic N) is 3. The van der Waals surface area contributed by atoms with Crippen LogP contribution in [0.25, 0.3) is 0 Å². The number of oxime groups is 1. The second-order valence-electron chi connectivity index (χ2n) is 6.33. The molecule has 2 aromatic rings. The summed E-state index contributed by atoms with van der Waals surface area (Å²) >= 11 is 0. The van der Waals surface area contributed by atoms with Crippen molar-refractivity contribution in [2.24, 2.45) is 5.16 Å². The average Bonchev–Trinajstić information content (AvgIpc) is 3.04. The van der Waals surface area contributed by atoms with Gasteiger partial charge in [-0.1, -0.05) is 17.8 Å². The quantitative estimate of drug-likeness (QED) is 0.343. The third-order valence-corrected chi connectivity index (χ3v) is 6.38. The fourth-order valence-corrected chi connectivity index (χ4v) is 4.73. The van der Waals surface area contributed by atoms with Crippen molar-refractivity contribution in [2.75, 3.05) is 12.4 Å². The molecule has 0 spiro atoms. The number of aryl methyl sites for hydroxylation is 1. The second kappa shape index (κ2) is 7.59. The minimum absolute atomic E-state index is 0.0602. The number of benzene rings is 1. The lowest BCUT2D eigenvalue weighted by molar-refractivity contribution is 0.103. The van der Waals surface area contributed by atoms with E-state index in [-0.39, 0.29) is 40.7 Å². The summed E-state index contributed by atoms with van der Waals surface area (Å²) in [7, 11) is -3.48. The van der Waals surface area contributed by atoms with E-state index in [4.69, 9.17) is 4.84 Å². The van der Waals surface area contributed by atoms with Crippen LogP contribution in [0.1, 0.15) is 40.4 Å². The molecule has 0 amide bonds. The number of rotatable bonds is 6. The van der Waals surface area contributed by atoms with Gasteiger partial charge in [0, 0.05) is 24.1 Å². The molecule has 0 unspecified atom stereocenters. The van der Waals surface area contributed by atoms with Gasteiger partial charge in [0.1, 0.15) is 12.2 Å². The van der Waals surface area contributed by atoms with Gasteiger partial charge in [-0.05, 0) is 31.5 Å². The normalized spacial score (nSPS) is 16.6. The first-order valence-electron chi connectivity index (χ1n) is 8.77. The molecule has 1 aromatic heterocycles. The van der Waals surface area contributed by atoms with Crippen molar-refractivity contribution in [1.29, 1.82) is 0 Å². The third-order valence-electron chi connectivity index (χ3n) is 4.63. The maximum Gasteiger partial charge on any atom is 0.220 e. The van der Waals surface area contributed by atoms with E-state index in [1.54, 1.807) is 13.8 Å². The summed E-state index contributed by atoms with van der Waals surface area (Å²) in [6, 6.07) is 2.87. The molecule has 0 saturated carbocycles. The van der Waals surface area contributed by atoms with Crippen LogP contribution in [0.15, 0.2) is 41.0 Å². The molecule has 0 bridgehead atoms. The molecule has 1 aliphatic heterocycles. The SMILES string of the molecule is C=CCON=C1CCS(=O)(=O)c2ccc(C(=O)c3cnn(CC)c3O)c(C)c21. The molecule has 0 atom stereocenters. The molecule has 28 heavy (non-hydrogen) atoms. The average molecular weight is 403 g/mol. The van der Waals surface area contributed by atoms with Crippen LogP contribution < -0.4 is 0 Å². The third kappa shape index (κ3) is 3.33. The zero-order valence-corrected chi connectivity index (χ0v) is 16.5. The summed E-state index contributed by atoms with van der Waals surface area (Å²) in [6.07, 6.45) is 3.02. The highest BCUT2D eigenvalue weighted by molar-refractivity contribution is 7.91. The second-order valence-corrected chi connectivity index (χ2v) is 8.41. The van der Waals surface area contributed by atoms with Gasteiger partial charge < -0.3 is 9.94 Å². The van der Waals surface area contributed by atoms with Crippen molar-refractivity contribution in [3.63, 3.8) is 0 Å². The maximum atomic E-state index is 13.0. The van der Waals surface area contributed by atoms with Crippen molar-refractivity contribution >= 4 is 21.3 Å². The first kappa shape index (κ1) is 19.8. The minimum Gasteiger partial charge on any atom is -0.493 e. The van der Waals surface area contributed by atoms with E-state index in [2.05, 4.69) is 16.8 Å². The van der Waals surface area contributed by atoms with E-state index in [0.717, 1.165) is 0 Å². The molecule has 2 heterocycles. The first-order chi connectivity index (χ1) is 13.3. The lowest BCUT2D eigenvalue weighted by Crippen LogP contribution is -2.24. The summed E-state index contributed by atoms with van der Waals surface area (Å²) in [6.45, 7) is 7.61. The van der Waals surface area contributed by atoms with Gasteiger partial charge in [0.15, 0.2) is 15.6 Å². The molecule has 0 radical (unpaired) electrons. The summed E-state index contributed by atoms with van der Waals surface area (Å²) in [5, 5.41) is 18.2. The molecule has 1 aliphatic rings. The van der Waals surface area contributed by atoms with Crippen LogP contribution in [-0.4, -0.2) is 47.2 Å². The molecule has 0 aliphatic carbocycles. The van der Waals surface area contributed by atoms with E-state index in [9.17, 15) is 18.3 Å². The van der Waals surface area contributed by atoms with Gasteiger partial charge in [-0.25, -0.2) is 13.1 Å². The van der Waals surface area contributed by atoms with Crippen molar-refractivity contribution in [3.8, 4) is 5.88 Å². The van der Waals surface area contributed by atoms with Crippen LogP contribution in [0.4, 0.5) is 0 Å². The Bertz CT molecular complexity index is 1080. The highest BCUT2D eigenvalue weighted by Crippen LogP contribution is 2.32. The molecule has 3 rings (SSSR count). The topological polar surface area (TPSA) is 111 Å². The highest BCUT2D eigenvalue weighted by atomic mass is 32.2. The summed E-state index contributed by atoms with van der Waals surface area (Å²) in [5.41, 5.74) is 1.65. The number of ketones is 1. The Morgan fingerprint density at radius 1 is 1.43 bits per heavy atom. The predicted octanol–water partition coefficient (Wildman–Crippen LogP) is 2.23. The lowest BCUT2D eigenvalue weighted by Gasteiger charge is -2.21. The Kier molecular flexibility index (Phi) is 5.37. The van der Waals surface area contributed by atoms with Crippen LogP contribution in [0, 0.1) is 6.92 Å². The molecule has 1 N–H and O–H groups in total. The van der Waals surface area contributed by atoms with Crippen molar-refractivity contribution in [2.45, 2.75) is 31.7 Å². The molecule has 1 aromatic carbocycles. The fraction of sp³-hybridized carbons (Fsp3) is 0.316. The van der Waals surface area contributed by atoms with E-state index >= 15 is 0 Å². The zero-order valence-electron chi connectivity index (χ0n) is 15.7. The van der Waals surface area contributed by atoms with Crippen molar-refractivity contribution in [3.05, 3.63) is 53.2 Å². The number of carbonyl (C=O) groups is 1. The number of sulfone groups is 1. The molecular formula is C19H21N3O5S. The maximum absolute atomic E-state index is 13.0. The van der Waals surface area contributed by atoms with Gasteiger partial charge in [-0.3, -0.25) is 4.79 Å². The molecule has 8 nitrogen and oxygen atoms in total. The number of hydrogen-bond acceptors (Lipinski definition) is 7. The van der Waals surface area contributed by atoms with Crippen LogP contribution in [0.5, 0.6) is 5.88 Å². The molecule has 0 saturated heterocycles. The van der Waals surface area contributed by atoms with Gasteiger partial charge in [0.2, 0.25) is 5.88 Å². The van der Waals surface area contributed by atoms with Gasteiger partial charge in [0.05, 0.1) is 22.6 Å². The van der Waals surface area contributed by atoms with Gasteiger partial charge >= 0.3 is 0 Å². The van der Waals surface area contributed by atoms with Gasteiger partial charge in [-0.15, -0.1) is 0 Å². The number of fused-ring (bicyclic) bond motifs is 1. The number of carbonyl (C=O) groups excluding carboxylic acids is 1. The fourth-order valence-electron chi connectivity index (χ4n) is 3.19. The predicted molar refractivity (Wildman–Crippen MR) is 104 cm³/mol.